The zero-order chi connectivity index (χ0) is 9.31. The van der Waals surface area contributed by atoms with Gasteiger partial charge in [0.1, 0.15) is 5.72 Å². The molecule has 0 aliphatic carbocycles. The molecule has 76 valence electrons. The van der Waals surface area contributed by atoms with Crippen LogP contribution >= 0.6 is 0 Å². The number of rotatable bonds is 1. The fourth-order valence-corrected chi connectivity index (χ4v) is 1.92. The molecule has 2 atom stereocenters. The molecule has 13 heavy (non-hydrogen) atoms. The van der Waals surface area contributed by atoms with E-state index in [1.54, 1.807) is 0 Å². The van der Waals surface area contributed by atoms with Gasteiger partial charge in [-0.2, -0.15) is 0 Å². The molecule has 0 aromatic heterocycles. The lowest BCUT2D eigenvalue weighted by molar-refractivity contribution is -0.122. The maximum Gasteiger partial charge on any atom is 0.144 e. The van der Waals surface area contributed by atoms with Crippen molar-refractivity contribution in [1.29, 1.82) is 0 Å². The summed E-state index contributed by atoms with van der Waals surface area (Å²) in [6.07, 6.45) is 0.998. The molecule has 0 radical (unpaired) electrons. The van der Waals surface area contributed by atoms with Crippen LogP contribution in [0.15, 0.2) is 0 Å². The summed E-state index contributed by atoms with van der Waals surface area (Å²) in [6.45, 7) is 8.00. The van der Waals surface area contributed by atoms with E-state index < -0.39 is 0 Å². The van der Waals surface area contributed by atoms with Crippen LogP contribution in [0.3, 0.4) is 0 Å². The van der Waals surface area contributed by atoms with Crippen LogP contribution in [0.4, 0.5) is 0 Å². The van der Waals surface area contributed by atoms with E-state index in [0.717, 1.165) is 32.8 Å². The second-order valence-electron chi connectivity index (χ2n) is 4.49. The minimum Gasteiger partial charge on any atom is -0.377 e. The molecule has 2 aliphatic heterocycles. The Kier molecular flexibility index (Phi) is 2.58. The van der Waals surface area contributed by atoms with E-state index >= 15 is 0 Å². The van der Waals surface area contributed by atoms with Gasteiger partial charge < -0.3 is 9.47 Å². The zero-order valence-corrected chi connectivity index (χ0v) is 8.51. The first-order valence-corrected chi connectivity index (χ1v) is 5.19. The van der Waals surface area contributed by atoms with E-state index in [9.17, 15) is 0 Å². The molecule has 2 saturated heterocycles. The minimum absolute atomic E-state index is 0.134. The molecule has 1 N–H and O–H groups in total. The van der Waals surface area contributed by atoms with Crippen LogP contribution in [0.1, 0.15) is 20.3 Å². The molecule has 2 fully saturated rings. The molecule has 2 rings (SSSR count). The van der Waals surface area contributed by atoms with Crippen molar-refractivity contribution in [3.8, 4) is 0 Å². The van der Waals surface area contributed by atoms with E-state index in [4.69, 9.17) is 9.47 Å². The van der Waals surface area contributed by atoms with Crippen LogP contribution in [0.2, 0.25) is 0 Å². The second kappa shape index (κ2) is 3.56. The maximum atomic E-state index is 5.86. The van der Waals surface area contributed by atoms with Crippen LogP contribution in [-0.2, 0) is 9.47 Å². The third-order valence-corrected chi connectivity index (χ3v) is 3.19. The molecule has 1 spiro atoms. The Balaban J connectivity index is 1.88. The molecule has 0 aromatic carbocycles. The van der Waals surface area contributed by atoms with E-state index in [-0.39, 0.29) is 5.72 Å². The summed E-state index contributed by atoms with van der Waals surface area (Å²) < 4.78 is 11.2. The minimum atomic E-state index is -0.134. The van der Waals surface area contributed by atoms with Crippen molar-refractivity contribution in [1.82, 2.24) is 5.32 Å². The molecular formula is C10H19NO2. The summed E-state index contributed by atoms with van der Waals surface area (Å²) in [6, 6.07) is 0. The Morgan fingerprint density at radius 1 is 1.46 bits per heavy atom. The predicted octanol–water partition coefficient (Wildman–Crippen LogP) is 0.995. The third-order valence-electron chi connectivity index (χ3n) is 3.19. The molecule has 2 unspecified atom stereocenters. The first kappa shape index (κ1) is 9.44. The van der Waals surface area contributed by atoms with E-state index in [2.05, 4.69) is 19.2 Å². The van der Waals surface area contributed by atoms with Gasteiger partial charge in [-0.05, 0) is 11.8 Å². The van der Waals surface area contributed by atoms with Crippen LogP contribution in [0, 0.1) is 11.8 Å². The van der Waals surface area contributed by atoms with Gasteiger partial charge in [-0.25, -0.2) is 0 Å². The summed E-state index contributed by atoms with van der Waals surface area (Å²) in [7, 11) is 0. The third kappa shape index (κ3) is 1.87. The first-order valence-electron chi connectivity index (χ1n) is 5.19. The first-order chi connectivity index (χ1) is 6.22. The molecule has 0 saturated carbocycles. The molecule has 3 nitrogen and oxygen atoms in total. The lowest BCUT2D eigenvalue weighted by atomic mass is 9.94. The Bertz CT molecular complexity index is 166. The van der Waals surface area contributed by atoms with Crippen LogP contribution in [-0.4, -0.2) is 32.1 Å². The van der Waals surface area contributed by atoms with Gasteiger partial charge in [-0.3, -0.25) is 5.32 Å². The van der Waals surface area contributed by atoms with Crippen molar-refractivity contribution in [2.24, 2.45) is 11.8 Å². The lowest BCUT2D eigenvalue weighted by Gasteiger charge is -2.38. The van der Waals surface area contributed by atoms with E-state index in [1.807, 2.05) is 0 Å². The highest BCUT2D eigenvalue weighted by Crippen LogP contribution is 2.26. The average Bonchev–Trinajstić information content (AvgIpc) is 2.54. The highest BCUT2D eigenvalue weighted by atomic mass is 16.6. The van der Waals surface area contributed by atoms with Crippen molar-refractivity contribution in [3.05, 3.63) is 0 Å². The largest absolute Gasteiger partial charge is 0.377 e. The smallest absolute Gasteiger partial charge is 0.144 e. The number of hydrogen-bond donors (Lipinski definition) is 1. The van der Waals surface area contributed by atoms with Crippen LogP contribution in [0.5, 0.6) is 0 Å². The number of ether oxygens (including phenoxy) is 2. The van der Waals surface area contributed by atoms with Crippen LogP contribution in [0.25, 0.3) is 0 Å². The maximum absolute atomic E-state index is 5.86. The number of hydrogen-bond acceptors (Lipinski definition) is 3. The fourth-order valence-electron chi connectivity index (χ4n) is 1.92. The average molecular weight is 185 g/mol. The molecular weight excluding hydrogens is 166 g/mol. The molecule has 2 aliphatic rings. The molecule has 0 bridgehead atoms. The van der Waals surface area contributed by atoms with E-state index in [0.29, 0.717) is 11.8 Å². The SMILES string of the molecule is CC(C)C1CNC2(CCOC2)OC1. The van der Waals surface area contributed by atoms with Crippen molar-refractivity contribution >= 4 is 0 Å². The summed E-state index contributed by atoms with van der Waals surface area (Å²) in [5.74, 6) is 1.36. The van der Waals surface area contributed by atoms with Gasteiger partial charge in [0, 0.05) is 13.0 Å². The Morgan fingerprint density at radius 2 is 2.31 bits per heavy atom. The normalized spacial score (nSPS) is 40.4. The Hall–Kier alpha value is -0.120. The highest BCUT2D eigenvalue weighted by Gasteiger charge is 2.39. The van der Waals surface area contributed by atoms with Gasteiger partial charge in [-0.15, -0.1) is 0 Å². The molecule has 3 heteroatoms. The van der Waals surface area contributed by atoms with E-state index in [1.165, 1.54) is 0 Å². The zero-order valence-electron chi connectivity index (χ0n) is 8.51. The van der Waals surface area contributed by atoms with Crippen molar-refractivity contribution < 1.29 is 9.47 Å². The second-order valence-corrected chi connectivity index (χ2v) is 4.49. The Labute approximate surface area is 79.8 Å². The van der Waals surface area contributed by atoms with Gasteiger partial charge in [0.2, 0.25) is 0 Å². The van der Waals surface area contributed by atoms with Crippen molar-refractivity contribution in [2.45, 2.75) is 26.0 Å². The summed E-state index contributed by atoms with van der Waals surface area (Å²) in [4.78, 5) is 0. The van der Waals surface area contributed by atoms with Gasteiger partial charge >= 0.3 is 0 Å². The summed E-state index contributed by atoms with van der Waals surface area (Å²) in [5.41, 5.74) is -0.134. The van der Waals surface area contributed by atoms with Crippen LogP contribution < -0.4 is 5.32 Å². The quantitative estimate of drug-likeness (QED) is 0.661. The molecule has 0 amide bonds. The Morgan fingerprint density at radius 3 is 2.77 bits per heavy atom. The monoisotopic (exact) mass is 185 g/mol. The van der Waals surface area contributed by atoms with Gasteiger partial charge in [0.15, 0.2) is 0 Å². The molecule has 0 aromatic rings. The van der Waals surface area contributed by atoms with Crippen molar-refractivity contribution in [3.63, 3.8) is 0 Å². The van der Waals surface area contributed by atoms with Crippen molar-refractivity contribution in [2.75, 3.05) is 26.4 Å². The highest BCUT2D eigenvalue weighted by molar-refractivity contribution is 4.87. The van der Waals surface area contributed by atoms with Gasteiger partial charge in [0.25, 0.3) is 0 Å². The summed E-state index contributed by atoms with van der Waals surface area (Å²) in [5, 5.41) is 3.48. The molecule has 2 heterocycles. The topological polar surface area (TPSA) is 30.5 Å². The van der Waals surface area contributed by atoms with Gasteiger partial charge in [0.05, 0.1) is 19.8 Å². The predicted molar refractivity (Wildman–Crippen MR) is 50.4 cm³/mol. The summed E-state index contributed by atoms with van der Waals surface area (Å²) >= 11 is 0. The number of nitrogens with one attached hydrogen (secondary N) is 1. The fraction of sp³-hybridized carbons (Fsp3) is 1.00. The van der Waals surface area contributed by atoms with Gasteiger partial charge in [-0.1, -0.05) is 13.8 Å². The standard InChI is InChI=1S/C10H19NO2/c1-8(2)9-5-11-10(13-6-9)3-4-12-7-10/h8-9,11H,3-7H2,1-2H3. The lowest BCUT2D eigenvalue weighted by Crippen LogP contribution is -2.56.